The molecule has 0 atom stereocenters. The van der Waals surface area contributed by atoms with E-state index in [2.05, 4.69) is 0 Å². The summed E-state index contributed by atoms with van der Waals surface area (Å²) in [6.07, 6.45) is 1.66. The third-order valence-electron chi connectivity index (χ3n) is 4.95. The van der Waals surface area contributed by atoms with E-state index in [0.717, 1.165) is 4.31 Å². The number of halogens is 2. The maximum atomic E-state index is 13.6. The second-order valence-electron chi connectivity index (χ2n) is 6.61. The minimum atomic E-state index is -3.64. The Bertz CT molecular complexity index is 764. The highest BCUT2D eigenvalue weighted by Gasteiger charge is 2.67. The zero-order valence-electron chi connectivity index (χ0n) is 13.2. The van der Waals surface area contributed by atoms with Gasteiger partial charge in [-0.2, -0.15) is 0 Å². The molecule has 2 aliphatic rings. The van der Waals surface area contributed by atoms with Crippen molar-refractivity contribution in [1.82, 2.24) is 13.8 Å². The molecule has 1 saturated carbocycles. The molecule has 1 aromatic rings. The number of likely N-dealkylation sites (tertiary alicyclic amines) is 1. The zero-order valence-corrected chi connectivity index (χ0v) is 14.0. The number of hydrogen-bond acceptors (Lipinski definition) is 3. The fourth-order valence-corrected chi connectivity index (χ4v) is 4.12. The molecule has 1 aliphatic carbocycles. The van der Waals surface area contributed by atoms with Crippen molar-refractivity contribution in [1.29, 1.82) is 0 Å². The Balaban J connectivity index is 1.79. The summed E-state index contributed by atoms with van der Waals surface area (Å²) in [5.41, 5.74) is -0.880. The summed E-state index contributed by atoms with van der Waals surface area (Å²) in [5.74, 6) is -3.11. The summed E-state index contributed by atoms with van der Waals surface area (Å²) in [6, 6.07) is 1.29. The van der Waals surface area contributed by atoms with Gasteiger partial charge in [0.25, 0.3) is 11.8 Å². The highest BCUT2D eigenvalue weighted by molar-refractivity contribution is 7.89. The van der Waals surface area contributed by atoms with Crippen LogP contribution in [0.2, 0.25) is 0 Å². The van der Waals surface area contributed by atoms with E-state index in [1.165, 1.54) is 35.8 Å². The van der Waals surface area contributed by atoms with Crippen molar-refractivity contribution in [3.05, 3.63) is 18.0 Å². The molecule has 0 aromatic carbocycles. The third kappa shape index (κ3) is 2.20. The molecule has 3 rings (SSSR count). The predicted octanol–water partition coefficient (Wildman–Crippen LogP) is 1.15. The van der Waals surface area contributed by atoms with Gasteiger partial charge in [0.1, 0.15) is 10.6 Å². The predicted molar refractivity (Wildman–Crippen MR) is 78.8 cm³/mol. The average molecular weight is 347 g/mol. The number of rotatable bonds is 3. The number of amides is 1. The summed E-state index contributed by atoms with van der Waals surface area (Å²) < 4.78 is 53.8. The zero-order chi connectivity index (χ0) is 17.2. The minimum absolute atomic E-state index is 0.0116. The standard InChI is InChI=1S/C14H19F2N3O3S/c1-17(2)23(21,22)10-6-11(18(3)7-10)12(20)19-8-13(9-19)4-5-14(13,15)16/h6-7H,4-5,8-9H2,1-3H3. The molecular weight excluding hydrogens is 328 g/mol. The van der Waals surface area contributed by atoms with Gasteiger partial charge in [-0.05, 0) is 12.5 Å². The molecule has 1 saturated heterocycles. The Kier molecular flexibility index (Phi) is 3.39. The van der Waals surface area contributed by atoms with Crippen LogP contribution in [0.5, 0.6) is 0 Å². The summed E-state index contributed by atoms with van der Waals surface area (Å²) in [7, 11) is 0.734. The number of aromatic nitrogens is 1. The van der Waals surface area contributed by atoms with Crippen LogP contribution in [-0.4, -0.2) is 61.2 Å². The van der Waals surface area contributed by atoms with E-state index >= 15 is 0 Å². The Morgan fingerprint density at radius 2 is 1.87 bits per heavy atom. The van der Waals surface area contributed by atoms with Crippen molar-refractivity contribution < 1.29 is 22.0 Å². The smallest absolute Gasteiger partial charge is 0.270 e. The molecule has 1 amide bonds. The number of carbonyl (C=O) groups excluding carboxylic acids is 1. The summed E-state index contributed by atoms with van der Waals surface area (Å²) in [5, 5.41) is 0. The van der Waals surface area contributed by atoms with Gasteiger partial charge in [0.15, 0.2) is 0 Å². The number of alkyl halides is 2. The Hall–Kier alpha value is -1.48. The molecule has 0 N–H and O–H groups in total. The Morgan fingerprint density at radius 3 is 2.30 bits per heavy atom. The van der Waals surface area contributed by atoms with Gasteiger partial charge in [-0.25, -0.2) is 21.5 Å². The van der Waals surface area contributed by atoms with Gasteiger partial charge < -0.3 is 9.47 Å². The molecule has 1 aliphatic heterocycles. The number of hydrogen-bond donors (Lipinski definition) is 0. The van der Waals surface area contributed by atoms with Gasteiger partial charge in [0.2, 0.25) is 10.0 Å². The maximum absolute atomic E-state index is 13.6. The van der Waals surface area contributed by atoms with Crippen LogP contribution >= 0.6 is 0 Å². The number of aryl methyl sites for hydroxylation is 1. The summed E-state index contributed by atoms with van der Waals surface area (Å²) in [4.78, 5) is 13.8. The van der Waals surface area contributed by atoms with Gasteiger partial charge in [0, 0.05) is 46.9 Å². The summed E-state index contributed by atoms with van der Waals surface area (Å²) >= 11 is 0. The lowest BCUT2D eigenvalue weighted by Crippen LogP contribution is -2.70. The first-order chi connectivity index (χ1) is 10.5. The van der Waals surface area contributed by atoms with Gasteiger partial charge in [-0.15, -0.1) is 0 Å². The van der Waals surface area contributed by atoms with Crippen LogP contribution in [0.4, 0.5) is 8.78 Å². The number of sulfonamides is 1. The van der Waals surface area contributed by atoms with Crippen LogP contribution < -0.4 is 0 Å². The molecule has 0 radical (unpaired) electrons. The van der Waals surface area contributed by atoms with Crippen LogP contribution in [0.25, 0.3) is 0 Å². The van der Waals surface area contributed by atoms with Gasteiger partial charge >= 0.3 is 0 Å². The van der Waals surface area contributed by atoms with Crippen molar-refractivity contribution in [3.63, 3.8) is 0 Å². The molecule has 2 fully saturated rings. The molecule has 9 heteroatoms. The molecule has 23 heavy (non-hydrogen) atoms. The summed E-state index contributed by atoms with van der Waals surface area (Å²) in [6.45, 7) is 0.0551. The van der Waals surface area contributed by atoms with E-state index in [9.17, 15) is 22.0 Å². The average Bonchev–Trinajstić information content (AvgIpc) is 2.78. The van der Waals surface area contributed by atoms with Crippen LogP contribution in [0.3, 0.4) is 0 Å². The fraction of sp³-hybridized carbons (Fsp3) is 0.643. The van der Waals surface area contributed by atoms with E-state index in [0.29, 0.717) is 6.42 Å². The molecule has 2 heterocycles. The largest absolute Gasteiger partial charge is 0.345 e. The van der Waals surface area contributed by atoms with Gasteiger partial charge in [-0.3, -0.25) is 4.79 Å². The first-order valence-corrected chi connectivity index (χ1v) is 8.70. The topological polar surface area (TPSA) is 62.6 Å². The van der Waals surface area contributed by atoms with Crippen molar-refractivity contribution in [2.24, 2.45) is 12.5 Å². The number of nitrogens with zero attached hydrogens (tertiary/aromatic N) is 3. The van der Waals surface area contributed by atoms with Gasteiger partial charge in [-0.1, -0.05) is 0 Å². The van der Waals surface area contributed by atoms with Crippen LogP contribution in [0.15, 0.2) is 17.2 Å². The van der Waals surface area contributed by atoms with Crippen molar-refractivity contribution in [3.8, 4) is 0 Å². The minimum Gasteiger partial charge on any atom is -0.345 e. The molecule has 1 aromatic heterocycles. The second-order valence-corrected chi connectivity index (χ2v) is 8.76. The van der Waals surface area contributed by atoms with E-state index in [1.54, 1.807) is 7.05 Å². The fourth-order valence-electron chi connectivity index (χ4n) is 3.15. The van der Waals surface area contributed by atoms with Crippen LogP contribution in [0.1, 0.15) is 23.3 Å². The molecular formula is C14H19F2N3O3S. The second kappa shape index (κ2) is 4.76. The Morgan fingerprint density at radius 1 is 1.26 bits per heavy atom. The van der Waals surface area contributed by atoms with Gasteiger partial charge in [0.05, 0.1) is 5.41 Å². The van der Waals surface area contributed by atoms with Crippen LogP contribution in [-0.2, 0) is 17.1 Å². The van der Waals surface area contributed by atoms with Crippen LogP contribution in [0, 0.1) is 5.41 Å². The maximum Gasteiger partial charge on any atom is 0.270 e. The molecule has 128 valence electrons. The molecule has 0 unspecified atom stereocenters. The van der Waals surface area contributed by atoms with E-state index in [4.69, 9.17) is 0 Å². The normalized spacial score (nSPS) is 22.1. The third-order valence-corrected chi connectivity index (χ3v) is 6.73. The number of carbonyl (C=O) groups is 1. The lowest BCUT2D eigenvalue weighted by Gasteiger charge is -2.59. The lowest BCUT2D eigenvalue weighted by molar-refractivity contribution is -0.248. The van der Waals surface area contributed by atoms with E-state index in [-0.39, 0.29) is 30.1 Å². The Labute approximate surface area is 133 Å². The van der Waals surface area contributed by atoms with E-state index < -0.39 is 27.3 Å². The lowest BCUT2D eigenvalue weighted by atomic mass is 9.60. The quantitative estimate of drug-likeness (QED) is 0.824. The SMILES string of the molecule is CN(C)S(=O)(=O)c1cc(C(=O)N2CC3(CCC3(F)F)C2)n(C)c1. The van der Waals surface area contributed by atoms with Crippen molar-refractivity contribution >= 4 is 15.9 Å². The first kappa shape index (κ1) is 16.4. The monoisotopic (exact) mass is 347 g/mol. The molecule has 1 spiro atoms. The molecule has 0 bridgehead atoms. The highest BCUT2D eigenvalue weighted by Crippen LogP contribution is 2.59. The first-order valence-electron chi connectivity index (χ1n) is 7.26. The molecule has 6 nitrogen and oxygen atoms in total. The van der Waals surface area contributed by atoms with Crippen molar-refractivity contribution in [2.45, 2.75) is 23.7 Å². The van der Waals surface area contributed by atoms with Crippen molar-refractivity contribution in [2.75, 3.05) is 27.2 Å². The highest BCUT2D eigenvalue weighted by atomic mass is 32.2. The van der Waals surface area contributed by atoms with E-state index in [1.807, 2.05) is 0 Å².